The maximum absolute atomic E-state index is 14.7. The zero-order valence-corrected chi connectivity index (χ0v) is 39.3. The number of aromatic amines is 1. The van der Waals surface area contributed by atoms with Crippen LogP contribution >= 0.6 is 0 Å². The maximum atomic E-state index is 14.7. The summed E-state index contributed by atoms with van der Waals surface area (Å²) in [6, 6.07) is 19.4. The number of rotatable bonds is 23. The minimum Gasteiger partial charge on any atom is -0.370 e. The van der Waals surface area contributed by atoms with Crippen LogP contribution in [-0.4, -0.2) is 107 Å². The molecule has 69 heavy (non-hydrogen) atoms. The van der Waals surface area contributed by atoms with Gasteiger partial charge in [-0.05, 0) is 60.8 Å². The number of aromatic nitrogens is 1. The fourth-order valence-electron chi connectivity index (χ4n) is 9.44. The summed E-state index contributed by atoms with van der Waals surface area (Å²) in [5.74, 6) is -4.01. The number of fused-ring (bicyclic) bond motifs is 1. The van der Waals surface area contributed by atoms with E-state index in [-0.39, 0.29) is 50.7 Å². The molecule has 1 saturated carbocycles. The summed E-state index contributed by atoms with van der Waals surface area (Å²) in [5.41, 5.74) is 20.1. The van der Waals surface area contributed by atoms with Crippen LogP contribution in [0.4, 0.5) is 0 Å². The van der Waals surface area contributed by atoms with Crippen molar-refractivity contribution in [1.29, 1.82) is 0 Å². The number of likely N-dealkylation sites (tertiary alicyclic amines) is 1. The number of hydrogen-bond donors (Lipinski definition) is 9. The van der Waals surface area contributed by atoms with E-state index in [9.17, 15) is 33.6 Å². The lowest BCUT2D eigenvalue weighted by Crippen LogP contribution is -2.60. The number of amides is 7. The third-order valence-corrected chi connectivity index (χ3v) is 13.0. The van der Waals surface area contributed by atoms with Gasteiger partial charge in [-0.1, -0.05) is 111 Å². The topological polar surface area (TPSA) is 289 Å². The molecule has 368 valence electrons. The van der Waals surface area contributed by atoms with Gasteiger partial charge in [0.1, 0.15) is 36.3 Å². The van der Waals surface area contributed by atoms with Gasteiger partial charge in [-0.2, -0.15) is 0 Å². The van der Waals surface area contributed by atoms with Gasteiger partial charge in [-0.25, -0.2) is 0 Å². The lowest BCUT2D eigenvalue weighted by atomic mass is 9.84. The third kappa shape index (κ3) is 15.1. The molecule has 6 atom stereocenters. The summed E-state index contributed by atoms with van der Waals surface area (Å²) in [6.45, 7) is 1.70. The van der Waals surface area contributed by atoms with Gasteiger partial charge in [0.2, 0.25) is 41.4 Å². The Bertz CT molecular complexity index is 2420. The van der Waals surface area contributed by atoms with Crippen LogP contribution in [0.5, 0.6) is 0 Å². The zero-order valence-electron chi connectivity index (χ0n) is 39.3. The molecule has 1 aliphatic carbocycles. The van der Waals surface area contributed by atoms with E-state index < -0.39 is 77.6 Å². The molecule has 7 amide bonds. The minimum absolute atomic E-state index is 0.0534. The summed E-state index contributed by atoms with van der Waals surface area (Å²) < 4.78 is 0. The molecule has 2 fully saturated rings. The lowest BCUT2D eigenvalue weighted by molar-refractivity contribution is -0.142. The highest BCUT2D eigenvalue weighted by Gasteiger charge is 2.40. The molecule has 6 rings (SSSR count). The molecule has 0 unspecified atom stereocenters. The van der Waals surface area contributed by atoms with Gasteiger partial charge in [0.15, 0.2) is 5.96 Å². The molecule has 18 nitrogen and oxygen atoms in total. The summed E-state index contributed by atoms with van der Waals surface area (Å²) in [5, 5.41) is 15.1. The Morgan fingerprint density at radius 1 is 0.652 bits per heavy atom. The van der Waals surface area contributed by atoms with Crippen LogP contribution in [0.3, 0.4) is 0 Å². The van der Waals surface area contributed by atoms with E-state index in [4.69, 9.17) is 17.2 Å². The molecule has 4 aromatic rings. The lowest BCUT2D eigenvalue weighted by Gasteiger charge is -2.32. The largest absolute Gasteiger partial charge is 0.370 e. The van der Waals surface area contributed by atoms with Crippen molar-refractivity contribution in [2.75, 3.05) is 13.1 Å². The van der Waals surface area contributed by atoms with Crippen molar-refractivity contribution in [3.8, 4) is 0 Å². The fraction of sp³-hybridized carbons (Fsp3) is 0.451. The molecule has 2 heterocycles. The van der Waals surface area contributed by atoms with Gasteiger partial charge in [0.05, 0.1) is 0 Å². The molecule has 1 saturated heterocycles. The van der Waals surface area contributed by atoms with Crippen molar-refractivity contribution in [2.45, 2.75) is 127 Å². The van der Waals surface area contributed by atoms with Gasteiger partial charge >= 0.3 is 0 Å². The average Bonchev–Trinajstić information content (AvgIpc) is 4.00. The van der Waals surface area contributed by atoms with Crippen molar-refractivity contribution in [2.24, 2.45) is 28.1 Å². The first-order valence-corrected chi connectivity index (χ1v) is 24.0. The SMILES string of the molecule is CC(=O)N[C@@H](Cc1ccccc1)C(=O)N[C@@H](CCCN=C(N)N)C(=O)N1CCC[C@H]1C(=O)N[C@H](CC1CCCCC1)C(=O)N[C@@H](Cc1c[nH]c2ccccc12)C(=O)N[C@@H](Cc1ccccc1)C(N)=O. The van der Waals surface area contributed by atoms with E-state index >= 15 is 0 Å². The normalized spacial score (nSPS) is 17.1. The first-order chi connectivity index (χ1) is 33.2. The highest BCUT2D eigenvalue weighted by atomic mass is 16.2. The monoisotopic (exact) mass is 946 g/mol. The van der Waals surface area contributed by atoms with E-state index in [1.807, 2.05) is 84.9 Å². The number of H-pyrrole nitrogens is 1. The second-order valence-corrected chi connectivity index (χ2v) is 18.2. The minimum atomic E-state index is -1.18. The number of para-hydroxylation sites is 1. The Hall–Kier alpha value is -7.24. The van der Waals surface area contributed by atoms with Crippen LogP contribution in [-0.2, 0) is 52.8 Å². The Labute approximate surface area is 402 Å². The predicted molar refractivity (Wildman–Crippen MR) is 263 cm³/mol. The number of nitrogens with one attached hydrogen (secondary N) is 6. The van der Waals surface area contributed by atoms with Gasteiger partial charge < -0.3 is 53.7 Å². The van der Waals surface area contributed by atoms with Crippen LogP contribution in [0, 0.1) is 5.92 Å². The molecule has 18 heteroatoms. The fourth-order valence-corrected chi connectivity index (χ4v) is 9.44. The molecule has 2 aliphatic rings. The molecule has 0 spiro atoms. The number of aliphatic imine (C=N–C) groups is 1. The van der Waals surface area contributed by atoms with Gasteiger partial charge in [-0.15, -0.1) is 0 Å². The van der Waals surface area contributed by atoms with E-state index in [1.54, 1.807) is 6.20 Å². The van der Waals surface area contributed by atoms with Crippen LogP contribution in [0.15, 0.2) is 96.1 Å². The predicted octanol–water partition coefficient (Wildman–Crippen LogP) is 2.14. The molecule has 1 aromatic heterocycles. The van der Waals surface area contributed by atoms with Crippen molar-refractivity contribution in [3.05, 3.63) is 108 Å². The molecular formula is C51H67N11O7. The highest BCUT2D eigenvalue weighted by Crippen LogP contribution is 2.28. The number of primary amides is 1. The second-order valence-electron chi connectivity index (χ2n) is 18.2. The van der Waals surface area contributed by atoms with Crippen LogP contribution in [0.2, 0.25) is 0 Å². The van der Waals surface area contributed by atoms with Crippen molar-refractivity contribution in [3.63, 3.8) is 0 Å². The summed E-state index contributed by atoms with van der Waals surface area (Å²) >= 11 is 0. The van der Waals surface area contributed by atoms with Crippen LogP contribution in [0.1, 0.15) is 87.8 Å². The number of carbonyl (C=O) groups excluding carboxylic acids is 7. The summed E-state index contributed by atoms with van der Waals surface area (Å²) in [7, 11) is 0. The number of benzene rings is 3. The van der Waals surface area contributed by atoms with Crippen LogP contribution < -0.4 is 43.8 Å². The molecule has 12 N–H and O–H groups in total. The average molecular weight is 946 g/mol. The third-order valence-electron chi connectivity index (χ3n) is 13.0. The Morgan fingerprint density at radius 3 is 1.87 bits per heavy atom. The maximum Gasteiger partial charge on any atom is 0.245 e. The smallest absolute Gasteiger partial charge is 0.245 e. The number of carbonyl (C=O) groups is 7. The van der Waals surface area contributed by atoms with E-state index in [0.717, 1.165) is 59.7 Å². The van der Waals surface area contributed by atoms with E-state index in [0.29, 0.717) is 25.7 Å². The Balaban J connectivity index is 1.23. The quantitative estimate of drug-likeness (QED) is 0.0299. The van der Waals surface area contributed by atoms with Gasteiger partial charge in [0, 0.05) is 56.4 Å². The number of hydrogen-bond acceptors (Lipinski definition) is 8. The molecular weight excluding hydrogens is 879 g/mol. The van der Waals surface area contributed by atoms with Crippen molar-refractivity contribution < 1.29 is 33.6 Å². The Morgan fingerprint density at radius 2 is 1.23 bits per heavy atom. The van der Waals surface area contributed by atoms with E-state index in [1.165, 1.54) is 11.8 Å². The standard InChI is InChI=1S/C51H67N11O7/c1-32(63)57-41(28-34-17-7-3-8-18-34)46(65)58-39(23-13-25-55-51(53)54)50(69)62-26-14-24-44(62)49(68)61-42(29-35-19-9-4-10-20-35)47(66)60-43(30-36-31-56-38-22-12-11-21-37(36)38)48(67)59-40(45(52)64)27-33-15-5-2-6-16-33/h2-3,5-8,11-12,15-18,21-22,31,35,39-44,56H,4,9-10,13-14,19-20,23-30H2,1H3,(H2,52,64)(H,57,63)(H,58,65)(H,59,67)(H,60,66)(H,61,68)(H4,53,54,55)/t39-,40-,41-,42+,43-,44-/m0/s1. The number of nitrogens with two attached hydrogens (primary N) is 3. The van der Waals surface area contributed by atoms with Crippen LogP contribution in [0.25, 0.3) is 10.9 Å². The number of guanidine groups is 1. The van der Waals surface area contributed by atoms with Crippen molar-refractivity contribution in [1.82, 2.24) is 36.5 Å². The second kappa shape index (κ2) is 25.2. The molecule has 1 aliphatic heterocycles. The highest BCUT2D eigenvalue weighted by molar-refractivity contribution is 5.97. The van der Waals surface area contributed by atoms with Gasteiger partial charge in [-0.3, -0.25) is 38.6 Å². The zero-order chi connectivity index (χ0) is 49.3. The first kappa shape index (κ1) is 51.2. The summed E-state index contributed by atoms with van der Waals surface area (Å²) in [4.78, 5) is 106. The van der Waals surface area contributed by atoms with Gasteiger partial charge in [0.25, 0.3) is 0 Å². The Kier molecular flexibility index (Phi) is 18.7. The first-order valence-electron chi connectivity index (χ1n) is 24.0. The summed E-state index contributed by atoms with van der Waals surface area (Å²) in [6.07, 6.45) is 8.39. The molecule has 3 aromatic carbocycles. The van der Waals surface area contributed by atoms with Crippen molar-refractivity contribution >= 4 is 58.2 Å². The molecule has 0 bridgehead atoms. The van der Waals surface area contributed by atoms with E-state index in [2.05, 4.69) is 36.6 Å². The number of nitrogens with zero attached hydrogens (tertiary/aromatic N) is 2. The molecule has 0 radical (unpaired) electrons.